The van der Waals surface area contributed by atoms with Gasteiger partial charge in [-0.05, 0) is 41.2 Å². The molecule has 0 bridgehead atoms. The molecule has 3 rings (SSSR count). The van der Waals surface area contributed by atoms with E-state index in [9.17, 15) is 0 Å². The van der Waals surface area contributed by atoms with Crippen LogP contribution >= 0.6 is 0 Å². The standard InChI is InChI=1S/C23H22/c1-3-22(19-10-6-4-7-11-19)23(20-12-8-5-9-13-20)21-16-14-18(2)15-17-21/h4-17H,3H2,1-2H3/b23-22-. The molecule has 0 heterocycles. The maximum Gasteiger partial charge on any atom is -0.00735 e. The molecule has 23 heavy (non-hydrogen) atoms. The minimum Gasteiger partial charge on any atom is -0.0622 e. The SMILES string of the molecule is CC/C(=C(\c1ccccc1)c1ccc(C)cc1)c1ccccc1. The lowest BCUT2D eigenvalue weighted by atomic mass is 9.88. The van der Waals surface area contributed by atoms with E-state index in [4.69, 9.17) is 0 Å². The van der Waals surface area contributed by atoms with Gasteiger partial charge in [-0.1, -0.05) is 97.4 Å². The molecule has 0 saturated heterocycles. The molecule has 0 aliphatic heterocycles. The summed E-state index contributed by atoms with van der Waals surface area (Å²) in [5, 5.41) is 0. The average molecular weight is 298 g/mol. The van der Waals surface area contributed by atoms with Crippen LogP contribution in [0.5, 0.6) is 0 Å². The fraction of sp³-hybridized carbons (Fsp3) is 0.130. The molecule has 0 unspecified atom stereocenters. The molecule has 0 heteroatoms. The number of allylic oxidation sites excluding steroid dienone is 1. The molecule has 3 aromatic rings. The molecule has 0 aliphatic carbocycles. The summed E-state index contributed by atoms with van der Waals surface area (Å²) in [6.45, 7) is 4.37. The molecule has 0 N–H and O–H groups in total. The van der Waals surface area contributed by atoms with Crippen LogP contribution in [0.2, 0.25) is 0 Å². The molecule has 0 nitrogen and oxygen atoms in total. The Kier molecular flexibility index (Phi) is 4.73. The minimum atomic E-state index is 1.00. The molecular weight excluding hydrogens is 276 g/mol. The van der Waals surface area contributed by atoms with Crippen molar-refractivity contribution >= 4 is 11.1 Å². The maximum atomic E-state index is 2.24. The quantitative estimate of drug-likeness (QED) is 0.491. The average Bonchev–Trinajstić information content (AvgIpc) is 2.62. The van der Waals surface area contributed by atoms with Crippen LogP contribution in [0.4, 0.5) is 0 Å². The van der Waals surface area contributed by atoms with Crippen molar-refractivity contribution in [1.29, 1.82) is 0 Å². The first-order valence-corrected chi connectivity index (χ1v) is 8.20. The lowest BCUT2D eigenvalue weighted by Crippen LogP contribution is -1.95. The minimum absolute atomic E-state index is 1.00. The highest BCUT2D eigenvalue weighted by Gasteiger charge is 2.12. The normalized spacial score (nSPS) is 11.9. The van der Waals surface area contributed by atoms with E-state index in [2.05, 4.69) is 98.8 Å². The largest absolute Gasteiger partial charge is 0.0622 e. The predicted octanol–water partition coefficient (Wildman–Crippen LogP) is 6.36. The first-order valence-electron chi connectivity index (χ1n) is 8.20. The van der Waals surface area contributed by atoms with E-state index < -0.39 is 0 Å². The highest BCUT2D eigenvalue weighted by Crippen LogP contribution is 2.34. The number of rotatable bonds is 4. The maximum absolute atomic E-state index is 2.24. The first-order chi connectivity index (χ1) is 11.3. The van der Waals surface area contributed by atoms with Gasteiger partial charge in [-0.3, -0.25) is 0 Å². The topological polar surface area (TPSA) is 0 Å². The summed E-state index contributed by atoms with van der Waals surface area (Å²) < 4.78 is 0. The summed E-state index contributed by atoms with van der Waals surface area (Å²) in [6.07, 6.45) is 1.00. The van der Waals surface area contributed by atoms with E-state index in [-0.39, 0.29) is 0 Å². The van der Waals surface area contributed by atoms with Gasteiger partial charge in [0.15, 0.2) is 0 Å². The fourth-order valence-electron chi connectivity index (χ4n) is 3.00. The molecule has 3 aromatic carbocycles. The summed E-state index contributed by atoms with van der Waals surface area (Å²) in [5.41, 5.74) is 7.87. The Labute approximate surface area is 139 Å². The number of hydrogen-bond donors (Lipinski definition) is 0. The summed E-state index contributed by atoms with van der Waals surface area (Å²) in [7, 11) is 0. The summed E-state index contributed by atoms with van der Waals surface area (Å²) in [4.78, 5) is 0. The first kappa shape index (κ1) is 15.3. The molecule has 0 fully saturated rings. The van der Waals surface area contributed by atoms with Gasteiger partial charge in [0.2, 0.25) is 0 Å². The second-order valence-electron chi connectivity index (χ2n) is 5.81. The van der Waals surface area contributed by atoms with Crippen LogP contribution in [0.1, 0.15) is 35.6 Å². The zero-order valence-corrected chi connectivity index (χ0v) is 13.8. The van der Waals surface area contributed by atoms with Gasteiger partial charge in [-0.25, -0.2) is 0 Å². The summed E-state index contributed by atoms with van der Waals surface area (Å²) in [6, 6.07) is 30.3. The van der Waals surface area contributed by atoms with Gasteiger partial charge in [-0.15, -0.1) is 0 Å². The highest BCUT2D eigenvalue weighted by molar-refractivity contribution is 5.98. The Hall–Kier alpha value is -2.60. The third kappa shape index (κ3) is 3.43. The van der Waals surface area contributed by atoms with E-state index in [0.717, 1.165) is 6.42 Å². The van der Waals surface area contributed by atoms with Crippen LogP contribution < -0.4 is 0 Å². The second-order valence-corrected chi connectivity index (χ2v) is 5.81. The van der Waals surface area contributed by atoms with Crippen molar-refractivity contribution in [3.63, 3.8) is 0 Å². The van der Waals surface area contributed by atoms with Crippen LogP contribution in [-0.4, -0.2) is 0 Å². The molecule has 0 saturated carbocycles. The number of benzene rings is 3. The second kappa shape index (κ2) is 7.11. The molecule has 0 spiro atoms. The Balaban J connectivity index is 2.26. The third-order valence-electron chi connectivity index (χ3n) is 4.18. The molecule has 0 aromatic heterocycles. The van der Waals surface area contributed by atoms with E-state index >= 15 is 0 Å². The molecule has 0 radical (unpaired) electrons. The zero-order chi connectivity index (χ0) is 16.1. The predicted molar refractivity (Wildman–Crippen MR) is 100 cm³/mol. The zero-order valence-electron chi connectivity index (χ0n) is 13.8. The number of hydrogen-bond acceptors (Lipinski definition) is 0. The summed E-state index contributed by atoms with van der Waals surface area (Å²) >= 11 is 0. The monoisotopic (exact) mass is 298 g/mol. The van der Waals surface area contributed by atoms with Gasteiger partial charge in [0.05, 0.1) is 0 Å². The third-order valence-corrected chi connectivity index (χ3v) is 4.18. The highest BCUT2D eigenvalue weighted by atomic mass is 14.2. The van der Waals surface area contributed by atoms with E-state index in [1.165, 1.54) is 33.4 Å². The van der Waals surface area contributed by atoms with Gasteiger partial charge in [-0.2, -0.15) is 0 Å². The Morgan fingerprint density at radius 1 is 0.609 bits per heavy atom. The van der Waals surface area contributed by atoms with Crippen molar-refractivity contribution in [1.82, 2.24) is 0 Å². The Bertz CT molecular complexity index is 778. The van der Waals surface area contributed by atoms with Crippen LogP contribution in [0.15, 0.2) is 84.9 Å². The lowest BCUT2D eigenvalue weighted by molar-refractivity contribution is 1.24. The van der Waals surface area contributed by atoms with Crippen LogP contribution in [0.3, 0.4) is 0 Å². The Morgan fingerprint density at radius 3 is 1.61 bits per heavy atom. The lowest BCUT2D eigenvalue weighted by Gasteiger charge is -2.16. The van der Waals surface area contributed by atoms with Gasteiger partial charge < -0.3 is 0 Å². The molecule has 0 amide bonds. The number of aryl methyl sites for hydroxylation is 1. The molecule has 0 atom stereocenters. The van der Waals surface area contributed by atoms with Crippen LogP contribution in [0.25, 0.3) is 11.1 Å². The van der Waals surface area contributed by atoms with E-state index in [1.54, 1.807) is 0 Å². The van der Waals surface area contributed by atoms with Gasteiger partial charge in [0.25, 0.3) is 0 Å². The van der Waals surface area contributed by atoms with Crippen LogP contribution in [0, 0.1) is 6.92 Å². The van der Waals surface area contributed by atoms with Crippen molar-refractivity contribution in [3.05, 3.63) is 107 Å². The fourth-order valence-corrected chi connectivity index (χ4v) is 3.00. The van der Waals surface area contributed by atoms with Crippen molar-refractivity contribution < 1.29 is 0 Å². The van der Waals surface area contributed by atoms with Crippen molar-refractivity contribution in [2.45, 2.75) is 20.3 Å². The van der Waals surface area contributed by atoms with Crippen LogP contribution in [-0.2, 0) is 0 Å². The molecule has 0 aliphatic rings. The van der Waals surface area contributed by atoms with Gasteiger partial charge in [0, 0.05) is 0 Å². The van der Waals surface area contributed by atoms with Gasteiger partial charge in [0.1, 0.15) is 0 Å². The van der Waals surface area contributed by atoms with Crippen molar-refractivity contribution in [2.75, 3.05) is 0 Å². The van der Waals surface area contributed by atoms with E-state index in [0.29, 0.717) is 0 Å². The van der Waals surface area contributed by atoms with Gasteiger partial charge >= 0.3 is 0 Å². The van der Waals surface area contributed by atoms with Crippen molar-refractivity contribution in [2.24, 2.45) is 0 Å². The Morgan fingerprint density at radius 2 is 1.09 bits per heavy atom. The smallest absolute Gasteiger partial charge is 0.00735 e. The van der Waals surface area contributed by atoms with E-state index in [1.807, 2.05) is 0 Å². The summed E-state index contributed by atoms with van der Waals surface area (Å²) in [5.74, 6) is 0. The molecule has 114 valence electrons. The van der Waals surface area contributed by atoms with Crippen molar-refractivity contribution in [3.8, 4) is 0 Å². The molecular formula is C23H22.